The standard InChI is InChI=1S/C15H16N2/c1-2-3-6-9-16-11-14-12-17-10-13-7-4-5-8-15(13)14/h1,4-5,7-8,10,12,16H,3,6,9,11H2. The Bertz CT molecular complexity index is 520. The topological polar surface area (TPSA) is 24.9 Å². The highest BCUT2D eigenvalue weighted by molar-refractivity contribution is 5.84. The van der Waals surface area contributed by atoms with E-state index < -0.39 is 0 Å². The first kappa shape index (κ1) is 11.6. The lowest BCUT2D eigenvalue weighted by atomic mass is 10.1. The van der Waals surface area contributed by atoms with Crippen molar-refractivity contribution >= 4 is 10.8 Å². The van der Waals surface area contributed by atoms with Gasteiger partial charge in [0.1, 0.15) is 0 Å². The molecule has 2 aromatic rings. The van der Waals surface area contributed by atoms with Crippen LogP contribution in [0.4, 0.5) is 0 Å². The molecule has 1 aromatic carbocycles. The smallest absolute Gasteiger partial charge is 0.0346 e. The molecule has 0 aliphatic carbocycles. The molecular formula is C15H16N2. The number of aromatic nitrogens is 1. The van der Waals surface area contributed by atoms with Crippen LogP contribution in [0.3, 0.4) is 0 Å². The Morgan fingerprint density at radius 2 is 2.12 bits per heavy atom. The van der Waals surface area contributed by atoms with Gasteiger partial charge in [0, 0.05) is 30.7 Å². The summed E-state index contributed by atoms with van der Waals surface area (Å²) in [7, 11) is 0. The largest absolute Gasteiger partial charge is 0.313 e. The number of terminal acetylenes is 1. The summed E-state index contributed by atoms with van der Waals surface area (Å²) < 4.78 is 0. The van der Waals surface area contributed by atoms with Gasteiger partial charge >= 0.3 is 0 Å². The van der Waals surface area contributed by atoms with E-state index in [2.05, 4.69) is 34.4 Å². The van der Waals surface area contributed by atoms with Crippen molar-refractivity contribution in [3.8, 4) is 12.3 Å². The molecule has 0 saturated carbocycles. The maximum atomic E-state index is 5.21. The molecule has 0 fully saturated rings. The van der Waals surface area contributed by atoms with E-state index in [-0.39, 0.29) is 0 Å². The molecule has 17 heavy (non-hydrogen) atoms. The molecule has 1 N–H and O–H groups in total. The molecule has 1 aromatic heterocycles. The van der Waals surface area contributed by atoms with Crippen LogP contribution >= 0.6 is 0 Å². The van der Waals surface area contributed by atoms with Crippen molar-refractivity contribution in [3.05, 3.63) is 42.2 Å². The summed E-state index contributed by atoms with van der Waals surface area (Å²) in [4.78, 5) is 4.26. The van der Waals surface area contributed by atoms with Gasteiger partial charge in [-0.05, 0) is 23.9 Å². The van der Waals surface area contributed by atoms with E-state index in [4.69, 9.17) is 6.42 Å². The van der Waals surface area contributed by atoms with Gasteiger partial charge in [-0.3, -0.25) is 4.98 Å². The summed E-state index contributed by atoms with van der Waals surface area (Å²) in [5, 5.41) is 5.85. The normalized spacial score (nSPS) is 10.3. The van der Waals surface area contributed by atoms with Gasteiger partial charge in [0.15, 0.2) is 0 Å². The SMILES string of the molecule is C#CCCCNCc1cncc2ccccc12. The number of hydrogen-bond acceptors (Lipinski definition) is 2. The molecule has 0 amide bonds. The van der Waals surface area contributed by atoms with Crippen molar-refractivity contribution in [3.63, 3.8) is 0 Å². The molecule has 1 heterocycles. The molecule has 2 nitrogen and oxygen atoms in total. The first-order chi connectivity index (χ1) is 8.42. The second-order valence-electron chi connectivity index (χ2n) is 4.00. The van der Waals surface area contributed by atoms with Gasteiger partial charge in [-0.1, -0.05) is 24.3 Å². The van der Waals surface area contributed by atoms with Crippen LogP contribution < -0.4 is 5.32 Å². The fourth-order valence-electron chi connectivity index (χ4n) is 1.86. The Labute approximate surface area is 102 Å². The average Bonchev–Trinajstić information content (AvgIpc) is 2.39. The van der Waals surface area contributed by atoms with Gasteiger partial charge in [-0.25, -0.2) is 0 Å². The summed E-state index contributed by atoms with van der Waals surface area (Å²) in [5.74, 6) is 2.64. The molecule has 0 spiro atoms. The van der Waals surface area contributed by atoms with Crippen molar-refractivity contribution in [2.45, 2.75) is 19.4 Å². The van der Waals surface area contributed by atoms with Crippen LogP contribution in [0.15, 0.2) is 36.7 Å². The fourth-order valence-corrected chi connectivity index (χ4v) is 1.86. The highest BCUT2D eigenvalue weighted by atomic mass is 14.8. The minimum atomic E-state index is 0.834. The summed E-state index contributed by atoms with van der Waals surface area (Å²) in [6, 6.07) is 8.32. The molecule has 0 aliphatic rings. The Morgan fingerprint density at radius 1 is 1.24 bits per heavy atom. The molecule has 0 atom stereocenters. The van der Waals surface area contributed by atoms with E-state index in [1.807, 2.05) is 18.5 Å². The summed E-state index contributed by atoms with van der Waals surface area (Å²) in [5.41, 5.74) is 1.24. The molecule has 86 valence electrons. The highest BCUT2D eigenvalue weighted by Gasteiger charge is 1.99. The average molecular weight is 224 g/mol. The Balaban J connectivity index is 2.01. The van der Waals surface area contributed by atoms with Crippen LogP contribution in [0.1, 0.15) is 18.4 Å². The maximum absolute atomic E-state index is 5.21. The number of nitrogens with zero attached hydrogens (tertiary/aromatic N) is 1. The zero-order chi connectivity index (χ0) is 11.9. The Morgan fingerprint density at radius 3 is 3.00 bits per heavy atom. The van der Waals surface area contributed by atoms with E-state index in [1.54, 1.807) is 0 Å². The number of nitrogens with one attached hydrogen (secondary N) is 1. The molecular weight excluding hydrogens is 208 g/mol. The number of fused-ring (bicyclic) bond motifs is 1. The third kappa shape index (κ3) is 3.05. The minimum absolute atomic E-state index is 0.834. The molecule has 0 bridgehead atoms. The molecule has 2 rings (SSSR count). The van der Waals surface area contributed by atoms with Crippen molar-refractivity contribution < 1.29 is 0 Å². The second-order valence-corrected chi connectivity index (χ2v) is 4.00. The lowest BCUT2D eigenvalue weighted by Gasteiger charge is -2.06. The van der Waals surface area contributed by atoms with Gasteiger partial charge < -0.3 is 5.32 Å². The van der Waals surface area contributed by atoms with E-state index in [1.165, 1.54) is 16.3 Å². The zero-order valence-electron chi connectivity index (χ0n) is 9.82. The van der Waals surface area contributed by atoms with Crippen LogP contribution in [0.2, 0.25) is 0 Å². The van der Waals surface area contributed by atoms with Crippen molar-refractivity contribution in [1.29, 1.82) is 0 Å². The molecule has 0 unspecified atom stereocenters. The van der Waals surface area contributed by atoms with E-state index in [0.29, 0.717) is 0 Å². The molecule has 0 aliphatic heterocycles. The van der Waals surface area contributed by atoms with E-state index in [0.717, 1.165) is 25.9 Å². The second kappa shape index (κ2) is 6.03. The Hall–Kier alpha value is -1.85. The zero-order valence-corrected chi connectivity index (χ0v) is 9.82. The van der Waals surface area contributed by atoms with Gasteiger partial charge in [0.2, 0.25) is 0 Å². The van der Waals surface area contributed by atoms with Gasteiger partial charge in [-0.15, -0.1) is 12.3 Å². The molecule has 2 heteroatoms. The summed E-state index contributed by atoms with van der Waals surface area (Å²) in [6.07, 6.45) is 10.9. The van der Waals surface area contributed by atoms with Gasteiger partial charge in [0.25, 0.3) is 0 Å². The third-order valence-electron chi connectivity index (χ3n) is 2.74. The quantitative estimate of drug-likeness (QED) is 0.624. The van der Waals surface area contributed by atoms with Gasteiger partial charge in [-0.2, -0.15) is 0 Å². The summed E-state index contributed by atoms with van der Waals surface area (Å²) >= 11 is 0. The number of unbranched alkanes of at least 4 members (excludes halogenated alkanes) is 1. The van der Waals surface area contributed by atoms with E-state index in [9.17, 15) is 0 Å². The van der Waals surface area contributed by atoms with E-state index >= 15 is 0 Å². The first-order valence-corrected chi connectivity index (χ1v) is 5.87. The highest BCUT2D eigenvalue weighted by Crippen LogP contribution is 2.16. The van der Waals surface area contributed by atoms with Crippen molar-refractivity contribution in [1.82, 2.24) is 10.3 Å². The lowest BCUT2D eigenvalue weighted by Crippen LogP contribution is -2.14. The van der Waals surface area contributed by atoms with Crippen molar-refractivity contribution in [2.75, 3.05) is 6.54 Å². The number of hydrogen-bond donors (Lipinski definition) is 1. The van der Waals surface area contributed by atoms with Crippen LogP contribution in [-0.2, 0) is 6.54 Å². The van der Waals surface area contributed by atoms with Crippen LogP contribution in [-0.4, -0.2) is 11.5 Å². The number of rotatable bonds is 5. The molecule has 0 saturated heterocycles. The van der Waals surface area contributed by atoms with Gasteiger partial charge in [0.05, 0.1) is 0 Å². The predicted molar refractivity (Wildman–Crippen MR) is 71.5 cm³/mol. The predicted octanol–water partition coefficient (Wildman–Crippen LogP) is 2.74. The van der Waals surface area contributed by atoms with Crippen LogP contribution in [0, 0.1) is 12.3 Å². The first-order valence-electron chi connectivity index (χ1n) is 5.87. The monoisotopic (exact) mass is 224 g/mol. The lowest BCUT2D eigenvalue weighted by molar-refractivity contribution is 0.660. The molecule has 0 radical (unpaired) electrons. The maximum Gasteiger partial charge on any atom is 0.0346 e. The third-order valence-corrected chi connectivity index (χ3v) is 2.74. The number of benzene rings is 1. The van der Waals surface area contributed by atoms with Crippen molar-refractivity contribution in [2.24, 2.45) is 0 Å². The fraction of sp³-hybridized carbons (Fsp3) is 0.267. The van der Waals surface area contributed by atoms with Crippen LogP contribution in [0.5, 0.6) is 0 Å². The summed E-state index contributed by atoms with van der Waals surface area (Å²) in [6.45, 7) is 1.80. The Kier molecular flexibility index (Phi) is 4.12. The number of pyridine rings is 1. The van der Waals surface area contributed by atoms with Crippen LogP contribution in [0.25, 0.3) is 10.8 Å². The minimum Gasteiger partial charge on any atom is -0.313 e.